The summed E-state index contributed by atoms with van der Waals surface area (Å²) < 4.78 is 4.88. The van der Waals surface area contributed by atoms with E-state index in [1.54, 1.807) is 31.2 Å². The van der Waals surface area contributed by atoms with Crippen molar-refractivity contribution < 1.29 is 24.5 Å². The van der Waals surface area contributed by atoms with E-state index in [0.717, 1.165) is 11.4 Å². The number of nitrogens with two attached hydrogens (primary N) is 1. The average molecular weight is 479 g/mol. The van der Waals surface area contributed by atoms with Crippen LogP contribution >= 0.6 is 0 Å². The largest absolute Gasteiger partial charge is 0.462 e. The van der Waals surface area contributed by atoms with E-state index < -0.39 is 0 Å². The first-order chi connectivity index (χ1) is 15.7. The molecule has 192 valence electrons. The van der Waals surface area contributed by atoms with Crippen LogP contribution in [0, 0.1) is 0 Å². The quantitative estimate of drug-likeness (QED) is 0.424. The van der Waals surface area contributed by atoms with Crippen molar-refractivity contribution in [3.05, 3.63) is 59.7 Å². The molecular formula is C25H42N4O5. The molecule has 0 aliphatic carbocycles. The molecule has 0 aliphatic rings. The van der Waals surface area contributed by atoms with Gasteiger partial charge in [-0.3, -0.25) is 4.79 Å². The van der Waals surface area contributed by atoms with E-state index in [9.17, 15) is 9.59 Å². The lowest BCUT2D eigenvalue weighted by atomic mass is 10.2. The van der Waals surface area contributed by atoms with E-state index in [0.29, 0.717) is 24.3 Å². The highest BCUT2D eigenvalue weighted by Gasteiger charge is 2.06. The minimum absolute atomic E-state index is 0. The van der Waals surface area contributed by atoms with Crippen molar-refractivity contribution >= 4 is 23.3 Å². The molecule has 34 heavy (non-hydrogen) atoms. The predicted octanol–water partition coefficient (Wildman–Crippen LogP) is 1.98. The minimum atomic E-state index is -0.266. The number of nitrogens with zero attached hydrogens (tertiary/aromatic N) is 2. The Hall–Kier alpha value is -3.14. The van der Waals surface area contributed by atoms with Crippen LogP contribution < -0.4 is 20.9 Å². The molecule has 0 spiro atoms. The van der Waals surface area contributed by atoms with Gasteiger partial charge in [0, 0.05) is 58.2 Å². The van der Waals surface area contributed by atoms with Gasteiger partial charge in [0.2, 0.25) is 0 Å². The first-order valence-corrected chi connectivity index (χ1v) is 10.6. The zero-order chi connectivity index (χ0) is 25.2. The Bertz CT molecular complexity index is 792. The number of esters is 1. The van der Waals surface area contributed by atoms with Gasteiger partial charge in [-0.05, 0) is 55.5 Å². The smallest absolute Gasteiger partial charge is 0.338 e. The number of benzene rings is 2. The number of anilines is 2. The molecule has 0 atom stereocenters. The molecule has 0 saturated heterocycles. The number of rotatable bonds is 8. The summed E-state index contributed by atoms with van der Waals surface area (Å²) in [6.45, 7) is 2.93. The summed E-state index contributed by atoms with van der Waals surface area (Å²) in [7, 11) is 7.81. The molecule has 0 unspecified atom stereocenters. The lowest BCUT2D eigenvalue weighted by molar-refractivity contribution is 0.0526. The molecule has 5 N–H and O–H groups in total. The summed E-state index contributed by atoms with van der Waals surface area (Å²) in [4.78, 5) is 26.7. The molecule has 9 heteroatoms. The van der Waals surface area contributed by atoms with Crippen LogP contribution in [0.4, 0.5) is 11.4 Å². The van der Waals surface area contributed by atoms with Crippen molar-refractivity contribution in [2.75, 3.05) is 70.9 Å². The van der Waals surface area contributed by atoms with Gasteiger partial charge < -0.3 is 35.8 Å². The summed E-state index contributed by atoms with van der Waals surface area (Å²) in [5, 5.41) is 18.9. The lowest BCUT2D eigenvalue weighted by Crippen LogP contribution is -2.26. The number of amides is 1. The van der Waals surface area contributed by atoms with Crippen LogP contribution in [0.2, 0.25) is 0 Å². The molecular weight excluding hydrogens is 436 g/mol. The Kier molecular flexibility index (Phi) is 18.8. The molecule has 0 radical (unpaired) electrons. The second-order valence-corrected chi connectivity index (χ2v) is 7.09. The van der Waals surface area contributed by atoms with Crippen LogP contribution in [-0.4, -0.2) is 83.2 Å². The van der Waals surface area contributed by atoms with Gasteiger partial charge in [-0.2, -0.15) is 0 Å². The van der Waals surface area contributed by atoms with E-state index >= 15 is 0 Å². The summed E-state index contributed by atoms with van der Waals surface area (Å²) in [5.74, 6) is -0.424. The van der Waals surface area contributed by atoms with Gasteiger partial charge in [-0.1, -0.05) is 7.43 Å². The van der Waals surface area contributed by atoms with Crippen molar-refractivity contribution in [2.45, 2.75) is 14.4 Å². The number of aliphatic hydroxyl groups excluding tert-OH is 2. The maximum Gasteiger partial charge on any atom is 0.338 e. The Morgan fingerprint density at radius 3 is 1.59 bits per heavy atom. The third kappa shape index (κ3) is 13.4. The van der Waals surface area contributed by atoms with Crippen molar-refractivity contribution in [1.29, 1.82) is 0 Å². The van der Waals surface area contributed by atoms with Crippen LogP contribution in [0.1, 0.15) is 35.1 Å². The molecule has 2 aromatic carbocycles. The van der Waals surface area contributed by atoms with Crippen LogP contribution in [0.5, 0.6) is 0 Å². The molecule has 9 nitrogen and oxygen atoms in total. The minimum Gasteiger partial charge on any atom is -0.462 e. The molecule has 0 bridgehead atoms. The summed E-state index contributed by atoms with van der Waals surface area (Å²) in [6, 6.07) is 14.6. The van der Waals surface area contributed by atoms with Crippen molar-refractivity contribution in [3.63, 3.8) is 0 Å². The highest BCUT2D eigenvalue weighted by atomic mass is 16.5. The van der Waals surface area contributed by atoms with Gasteiger partial charge in [-0.25, -0.2) is 4.79 Å². The van der Waals surface area contributed by atoms with Crippen LogP contribution in [0.15, 0.2) is 48.5 Å². The van der Waals surface area contributed by atoms with Crippen molar-refractivity contribution in [1.82, 2.24) is 5.32 Å². The monoisotopic (exact) mass is 478 g/mol. The van der Waals surface area contributed by atoms with Gasteiger partial charge in [0.25, 0.3) is 5.91 Å². The van der Waals surface area contributed by atoms with Gasteiger partial charge >= 0.3 is 5.97 Å². The van der Waals surface area contributed by atoms with Crippen molar-refractivity contribution in [3.8, 4) is 0 Å². The molecule has 1 amide bonds. The Morgan fingerprint density at radius 2 is 1.26 bits per heavy atom. The van der Waals surface area contributed by atoms with Crippen LogP contribution in [0.3, 0.4) is 0 Å². The second kappa shape index (κ2) is 19.3. The van der Waals surface area contributed by atoms with Gasteiger partial charge in [0.05, 0.1) is 25.4 Å². The Labute approximate surface area is 204 Å². The molecule has 0 aliphatic heterocycles. The summed E-state index contributed by atoms with van der Waals surface area (Å²) in [6.07, 6.45) is 0. The highest BCUT2D eigenvalue weighted by Crippen LogP contribution is 2.13. The van der Waals surface area contributed by atoms with Crippen LogP contribution in [-0.2, 0) is 4.74 Å². The third-order valence-corrected chi connectivity index (χ3v) is 4.07. The van der Waals surface area contributed by atoms with Gasteiger partial charge in [0.1, 0.15) is 0 Å². The van der Waals surface area contributed by atoms with E-state index in [1.165, 1.54) is 0 Å². The number of nitrogens with one attached hydrogen (secondary N) is 1. The normalized spacial score (nSPS) is 9.18. The summed E-state index contributed by atoms with van der Waals surface area (Å²) >= 11 is 0. The fourth-order valence-corrected chi connectivity index (χ4v) is 2.29. The Morgan fingerprint density at radius 1 is 0.853 bits per heavy atom. The Balaban J connectivity index is 0. The lowest BCUT2D eigenvalue weighted by Gasteiger charge is -2.12. The maximum atomic E-state index is 11.4. The molecule has 2 rings (SSSR count). The second-order valence-electron chi connectivity index (χ2n) is 7.09. The zero-order valence-electron chi connectivity index (χ0n) is 20.2. The third-order valence-electron chi connectivity index (χ3n) is 4.07. The molecule has 0 aromatic heterocycles. The van der Waals surface area contributed by atoms with E-state index in [4.69, 9.17) is 20.7 Å². The van der Waals surface area contributed by atoms with E-state index in [1.807, 2.05) is 62.3 Å². The first kappa shape index (κ1) is 33.0. The van der Waals surface area contributed by atoms with Gasteiger partial charge in [-0.15, -0.1) is 0 Å². The molecule has 2 aromatic rings. The molecule has 0 heterocycles. The number of carbonyl (C=O) groups is 2. The standard InChI is InChI=1S/C11H16N2O2.C11H15NO2.C2H7NO.CH4/c1-13(2)10-5-3-9(4-6-10)11(15)12-7-8-14;1-4-14-11(13)9-5-7-10(8-6-9)12(2)3;3-1-2-4;/h3-6,14H,7-8H2,1-2H3,(H,12,15);5-8H,4H2,1-3H3;4H,1-3H2;1H4. The predicted molar refractivity (Wildman–Crippen MR) is 140 cm³/mol. The van der Waals surface area contributed by atoms with E-state index in [-0.39, 0.29) is 39.1 Å². The topological polar surface area (TPSA) is 128 Å². The first-order valence-electron chi connectivity index (χ1n) is 10.6. The number of hydrogen-bond donors (Lipinski definition) is 4. The maximum absolute atomic E-state index is 11.4. The fraction of sp³-hybridized carbons (Fsp3) is 0.440. The SMILES string of the molecule is C.CCOC(=O)c1ccc(N(C)C)cc1.CN(C)c1ccc(C(=O)NCCO)cc1.NCCO. The highest BCUT2D eigenvalue weighted by molar-refractivity contribution is 5.94. The number of hydrogen-bond acceptors (Lipinski definition) is 8. The van der Waals surface area contributed by atoms with Crippen LogP contribution in [0.25, 0.3) is 0 Å². The van der Waals surface area contributed by atoms with E-state index in [2.05, 4.69) is 5.32 Å². The van der Waals surface area contributed by atoms with Gasteiger partial charge in [0.15, 0.2) is 0 Å². The summed E-state index contributed by atoms with van der Waals surface area (Å²) in [5.41, 5.74) is 8.10. The molecule has 0 saturated carbocycles. The number of aliphatic hydroxyl groups is 2. The number of carbonyl (C=O) groups excluding carboxylic acids is 2. The fourth-order valence-electron chi connectivity index (χ4n) is 2.29. The average Bonchev–Trinajstić information content (AvgIpc) is 2.83. The zero-order valence-corrected chi connectivity index (χ0v) is 20.2. The number of ether oxygens (including phenoxy) is 1. The molecule has 0 fully saturated rings. The van der Waals surface area contributed by atoms with Crippen molar-refractivity contribution in [2.24, 2.45) is 5.73 Å².